The van der Waals surface area contributed by atoms with Crippen LogP contribution in [0.5, 0.6) is 5.75 Å². The van der Waals surface area contributed by atoms with Crippen LogP contribution in [0.4, 0.5) is 15.8 Å². The summed E-state index contributed by atoms with van der Waals surface area (Å²) in [4.78, 5) is 0. The minimum atomic E-state index is -0.386. The molecule has 0 bridgehead atoms. The number of nitrogen functional groups attached to an aromatic ring is 1. The predicted molar refractivity (Wildman–Crippen MR) is 64.6 cm³/mol. The molecule has 1 aromatic carbocycles. The molecule has 1 saturated carbocycles. The van der Waals surface area contributed by atoms with Gasteiger partial charge >= 0.3 is 0 Å². The standard InChI is InChI=1S/C12H17FN2O2/c1-17-12-5-11(9(13)4-10(12)14)15-6-7-2-8(16)3-7/h4-5,7-8,15-16H,2-3,6,14H2,1H3. The number of ether oxygens (including phenoxy) is 1. The van der Waals surface area contributed by atoms with E-state index in [4.69, 9.17) is 15.6 Å². The molecule has 1 aliphatic carbocycles. The second kappa shape index (κ2) is 4.79. The van der Waals surface area contributed by atoms with E-state index in [1.54, 1.807) is 6.07 Å². The van der Waals surface area contributed by atoms with Gasteiger partial charge in [0.2, 0.25) is 0 Å². The molecule has 0 saturated heterocycles. The van der Waals surface area contributed by atoms with E-state index in [-0.39, 0.29) is 17.6 Å². The molecule has 94 valence electrons. The van der Waals surface area contributed by atoms with Crippen molar-refractivity contribution in [3.8, 4) is 5.75 Å². The molecule has 4 N–H and O–H groups in total. The van der Waals surface area contributed by atoms with Crippen LogP contribution in [0.3, 0.4) is 0 Å². The van der Waals surface area contributed by atoms with Crippen LogP contribution in [0.25, 0.3) is 0 Å². The monoisotopic (exact) mass is 240 g/mol. The summed E-state index contributed by atoms with van der Waals surface area (Å²) in [5, 5.41) is 12.2. The highest BCUT2D eigenvalue weighted by Gasteiger charge is 2.26. The number of halogens is 1. The van der Waals surface area contributed by atoms with Gasteiger partial charge < -0.3 is 20.9 Å². The number of anilines is 2. The number of rotatable bonds is 4. The lowest BCUT2D eigenvalue weighted by Crippen LogP contribution is -2.33. The Labute approximate surface area is 99.6 Å². The Bertz CT molecular complexity index is 406. The van der Waals surface area contributed by atoms with E-state index in [2.05, 4.69) is 5.32 Å². The number of methoxy groups -OCH3 is 1. The minimum absolute atomic E-state index is 0.187. The summed E-state index contributed by atoms with van der Waals surface area (Å²) in [6.45, 7) is 0.654. The van der Waals surface area contributed by atoms with Gasteiger partial charge in [0.25, 0.3) is 0 Å². The number of hydrogen-bond acceptors (Lipinski definition) is 4. The van der Waals surface area contributed by atoms with Gasteiger partial charge in [-0.15, -0.1) is 0 Å². The van der Waals surface area contributed by atoms with Crippen LogP contribution in [-0.4, -0.2) is 24.9 Å². The molecule has 2 rings (SSSR count). The Morgan fingerprint density at radius 1 is 1.53 bits per heavy atom. The van der Waals surface area contributed by atoms with Gasteiger partial charge in [-0.05, 0) is 18.8 Å². The first-order valence-corrected chi connectivity index (χ1v) is 5.65. The topological polar surface area (TPSA) is 67.5 Å². The second-order valence-electron chi connectivity index (χ2n) is 4.45. The van der Waals surface area contributed by atoms with Crippen molar-refractivity contribution in [2.45, 2.75) is 18.9 Å². The van der Waals surface area contributed by atoms with E-state index in [0.717, 1.165) is 12.8 Å². The maximum atomic E-state index is 13.6. The van der Waals surface area contributed by atoms with Gasteiger partial charge in [-0.25, -0.2) is 4.39 Å². The van der Waals surface area contributed by atoms with Gasteiger partial charge in [0, 0.05) is 18.7 Å². The Kier molecular flexibility index (Phi) is 3.38. The Morgan fingerprint density at radius 2 is 2.24 bits per heavy atom. The molecular formula is C12H17FN2O2. The third kappa shape index (κ3) is 2.61. The molecule has 0 radical (unpaired) electrons. The van der Waals surface area contributed by atoms with Gasteiger partial charge in [-0.3, -0.25) is 0 Å². The number of aliphatic hydroxyl groups is 1. The van der Waals surface area contributed by atoms with Gasteiger partial charge in [-0.1, -0.05) is 0 Å². The highest BCUT2D eigenvalue weighted by molar-refractivity contribution is 5.62. The molecule has 0 atom stereocenters. The summed E-state index contributed by atoms with van der Waals surface area (Å²) in [5.41, 5.74) is 6.26. The molecule has 1 aromatic rings. The van der Waals surface area contributed by atoms with Crippen molar-refractivity contribution < 1.29 is 14.2 Å². The fourth-order valence-corrected chi connectivity index (χ4v) is 2.00. The number of aliphatic hydroxyl groups excluding tert-OH is 1. The van der Waals surface area contributed by atoms with Crippen molar-refractivity contribution in [2.75, 3.05) is 24.7 Å². The summed E-state index contributed by atoms with van der Waals surface area (Å²) >= 11 is 0. The van der Waals surface area contributed by atoms with Crippen molar-refractivity contribution in [3.05, 3.63) is 17.9 Å². The van der Waals surface area contributed by atoms with Crippen molar-refractivity contribution in [1.29, 1.82) is 0 Å². The van der Waals surface area contributed by atoms with Crippen molar-refractivity contribution >= 4 is 11.4 Å². The molecule has 4 nitrogen and oxygen atoms in total. The minimum Gasteiger partial charge on any atom is -0.495 e. The van der Waals surface area contributed by atoms with Gasteiger partial charge in [0.1, 0.15) is 11.6 Å². The van der Waals surface area contributed by atoms with Crippen LogP contribution in [-0.2, 0) is 0 Å². The molecule has 0 unspecified atom stereocenters. The molecule has 0 aliphatic heterocycles. The largest absolute Gasteiger partial charge is 0.495 e. The first-order valence-electron chi connectivity index (χ1n) is 5.65. The lowest BCUT2D eigenvalue weighted by molar-refractivity contribution is 0.0486. The first kappa shape index (κ1) is 12.0. The predicted octanol–water partition coefficient (Wildman–Crippen LogP) is 1.60. The zero-order valence-corrected chi connectivity index (χ0v) is 9.74. The van der Waals surface area contributed by atoms with E-state index in [0.29, 0.717) is 23.9 Å². The van der Waals surface area contributed by atoms with E-state index in [9.17, 15) is 4.39 Å². The lowest BCUT2D eigenvalue weighted by Gasteiger charge is -2.31. The molecule has 0 heterocycles. The average Bonchev–Trinajstić information content (AvgIpc) is 2.25. The molecule has 0 amide bonds. The van der Waals surface area contributed by atoms with Gasteiger partial charge in [0.15, 0.2) is 0 Å². The van der Waals surface area contributed by atoms with Gasteiger partial charge in [0.05, 0.1) is 24.6 Å². The zero-order chi connectivity index (χ0) is 12.4. The third-order valence-electron chi connectivity index (χ3n) is 3.11. The molecular weight excluding hydrogens is 223 g/mol. The van der Waals surface area contributed by atoms with Crippen LogP contribution in [0.1, 0.15) is 12.8 Å². The second-order valence-corrected chi connectivity index (χ2v) is 4.45. The third-order valence-corrected chi connectivity index (χ3v) is 3.11. The van der Waals surface area contributed by atoms with Crippen LogP contribution < -0.4 is 15.8 Å². The van der Waals surface area contributed by atoms with Crippen LogP contribution in [0.2, 0.25) is 0 Å². The number of nitrogens with two attached hydrogens (primary N) is 1. The first-order chi connectivity index (χ1) is 8.10. The highest BCUT2D eigenvalue weighted by atomic mass is 19.1. The summed E-state index contributed by atoms with van der Waals surface area (Å²) in [7, 11) is 1.50. The molecule has 0 spiro atoms. The quantitative estimate of drug-likeness (QED) is 0.699. The van der Waals surface area contributed by atoms with Crippen LogP contribution in [0, 0.1) is 11.7 Å². The maximum Gasteiger partial charge on any atom is 0.148 e. The highest BCUT2D eigenvalue weighted by Crippen LogP contribution is 2.31. The fraction of sp³-hybridized carbons (Fsp3) is 0.500. The van der Waals surface area contributed by atoms with Crippen molar-refractivity contribution in [1.82, 2.24) is 0 Å². The maximum absolute atomic E-state index is 13.6. The lowest BCUT2D eigenvalue weighted by atomic mass is 9.82. The summed E-state index contributed by atoms with van der Waals surface area (Å²) in [6.07, 6.45) is 1.37. The van der Waals surface area contributed by atoms with E-state index >= 15 is 0 Å². The number of nitrogens with one attached hydrogen (secondary N) is 1. The van der Waals surface area contributed by atoms with Crippen LogP contribution >= 0.6 is 0 Å². The van der Waals surface area contributed by atoms with E-state index < -0.39 is 0 Å². The Hall–Kier alpha value is -1.49. The number of hydrogen-bond donors (Lipinski definition) is 3. The molecule has 0 aromatic heterocycles. The summed E-state index contributed by atoms with van der Waals surface area (Å²) < 4.78 is 18.6. The zero-order valence-electron chi connectivity index (χ0n) is 9.74. The average molecular weight is 240 g/mol. The molecule has 1 fully saturated rings. The summed E-state index contributed by atoms with van der Waals surface area (Å²) in [5.74, 6) is 0.485. The van der Waals surface area contributed by atoms with E-state index in [1.807, 2.05) is 0 Å². The number of benzene rings is 1. The normalized spacial score (nSPS) is 23.0. The molecule has 5 heteroatoms. The molecule has 17 heavy (non-hydrogen) atoms. The molecule has 1 aliphatic rings. The SMILES string of the molecule is COc1cc(NCC2CC(O)C2)c(F)cc1N. The van der Waals surface area contributed by atoms with Crippen LogP contribution in [0.15, 0.2) is 12.1 Å². The smallest absolute Gasteiger partial charge is 0.148 e. The fourth-order valence-electron chi connectivity index (χ4n) is 2.00. The van der Waals surface area contributed by atoms with Crippen molar-refractivity contribution in [2.24, 2.45) is 5.92 Å². The Balaban J connectivity index is 2.00. The summed E-state index contributed by atoms with van der Waals surface area (Å²) in [6, 6.07) is 2.80. The van der Waals surface area contributed by atoms with Gasteiger partial charge in [-0.2, -0.15) is 0 Å². The van der Waals surface area contributed by atoms with Crippen molar-refractivity contribution in [3.63, 3.8) is 0 Å². The van der Waals surface area contributed by atoms with E-state index in [1.165, 1.54) is 13.2 Å². The Morgan fingerprint density at radius 3 is 2.82 bits per heavy atom.